The lowest BCUT2D eigenvalue weighted by Gasteiger charge is -2.23. The van der Waals surface area contributed by atoms with Gasteiger partial charge in [0.2, 0.25) is 5.75 Å². The molecule has 0 spiro atoms. The monoisotopic (exact) mass is 386 g/mol. The summed E-state index contributed by atoms with van der Waals surface area (Å²) in [5.41, 5.74) is 0.861. The number of nitrogens with zero attached hydrogens (tertiary/aromatic N) is 1. The van der Waals surface area contributed by atoms with E-state index in [9.17, 15) is 9.59 Å². The number of carboxylic acids is 2. The van der Waals surface area contributed by atoms with Gasteiger partial charge >= 0.3 is 11.9 Å². The van der Waals surface area contributed by atoms with Gasteiger partial charge in [-0.3, -0.25) is 5.84 Å². The Morgan fingerprint density at radius 3 is 1.89 bits per heavy atom. The van der Waals surface area contributed by atoms with E-state index >= 15 is 0 Å². The summed E-state index contributed by atoms with van der Waals surface area (Å²) in [5.74, 6) is 4.92. The SMILES string of the molecule is COc1ccc(C(CN(C)N)OC)c(OC)c1OC.O=C(O)/C=C/C(=O)O. The fourth-order valence-electron chi connectivity index (χ4n) is 2.08. The summed E-state index contributed by atoms with van der Waals surface area (Å²) in [6.07, 6.45) is 0.898. The zero-order chi connectivity index (χ0) is 21.0. The number of hydrogen-bond donors (Lipinski definition) is 3. The number of hydrogen-bond acceptors (Lipinski definition) is 8. The Hall–Kier alpha value is -2.82. The van der Waals surface area contributed by atoms with Crippen LogP contribution < -0.4 is 20.1 Å². The molecule has 0 heterocycles. The Labute approximate surface area is 157 Å². The molecule has 0 radical (unpaired) electrons. The summed E-state index contributed by atoms with van der Waals surface area (Å²) >= 11 is 0. The molecule has 0 bridgehead atoms. The van der Waals surface area contributed by atoms with Crippen molar-refractivity contribution in [3.8, 4) is 17.2 Å². The van der Waals surface area contributed by atoms with Gasteiger partial charge in [-0.15, -0.1) is 0 Å². The van der Waals surface area contributed by atoms with Gasteiger partial charge < -0.3 is 29.2 Å². The molecule has 0 aliphatic carbocycles. The molecule has 1 aromatic carbocycles. The maximum Gasteiger partial charge on any atom is 0.328 e. The van der Waals surface area contributed by atoms with E-state index in [4.69, 9.17) is 35.0 Å². The van der Waals surface area contributed by atoms with E-state index in [0.29, 0.717) is 35.9 Å². The molecule has 10 heteroatoms. The number of methoxy groups -OCH3 is 4. The van der Waals surface area contributed by atoms with Gasteiger partial charge in [0, 0.05) is 38.4 Å². The average molecular weight is 386 g/mol. The lowest BCUT2D eigenvalue weighted by Crippen LogP contribution is -2.31. The lowest BCUT2D eigenvalue weighted by molar-refractivity contribution is -0.134. The highest BCUT2D eigenvalue weighted by atomic mass is 16.5. The van der Waals surface area contributed by atoms with E-state index in [1.807, 2.05) is 12.1 Å². The van der Waals surface area contributed by atoms with Crippen molar-refractivity contribution in [1.29, 1.82) is 0 Å². The molecule has 0 saturated carbocycles. The van der Waals surface area contributed by atoms with Crippen molar-refractivity contribution in [2.75, 3.05) is 42.0 Å². The van der Waals surface area contributed by atoms with Gasteiger partial charge in [-0.2, -0.15) is 0 Å². The molecule has 4 N–H and O–H groups in total. The fourth-order valence-corrected chi connectivity index (χ4v) is 2.08. The number of nitrogens with two attached hydrogens (primary N) is 1. The standard InChI is InChI=1S/C13H22N2O4.C4H4O4/c1-15(14)8-11(17-3)9-6-7-10(16-2)13(19-5)12(9)18-4;5-3(6)1-2-4(7)8/h6-7,11H,8,14H2,1-5H3;1-2H,(H,5,6)(H,7,8)/b;2-1+. The first-order valence-electron chi connectivity index (χ1n) is 7.63. The van der Waals surface area contributed by atoms with Crippen molar-refractivity contribution in [1.82, 2.24) is 5.01 Å². The number of ether oxygens (including phenoxy) is 4. The van der Waals surface area contributed by atoms with Crippen LogP contribution in [0.15, 0.2) is 24.3 Å². The highest BCUT2D eigenvalue weighted by Crippen LogP contribution is 2.42. The molecule has 0 aliphatic heterocycles. The smallest absolute Gasteiger partial charge is 0.328 e. The zero-order valence-electron chi connectivity index (χ0n) is 16.0. The van der Waals surface area contributed by atoms with Gasteiger partial charge in [0.05, 0.1) is 27.4 Å². The number of carboxylic acid groups (broad SMARTS) is 2. The molecule has 152 valence electrons. The van der Waals surface area contributed by atoms with E-state index in [1.165, 1.54) is 0 Å². The largest absolute Gasteiger partial charge is 0.493 e. The van der Waals surface area contributed by atoms with Gasteiger partial charge in [-0.05, 0) is 12.1 Å². The van der Waals surface area contributed by atoms with Crippen LogP contribution in [0.3, 0.4) is 0 Å². The van der Waals surface area contributed by atoms with Crippen LogP contribution in [0, 0.1) is 0 Å². The van der Waals surface area contributed by atoms with E-state index in [0.717, 1.165) is 5.56 Å². The molecular formula is C17H26N2O8. The van der Waals surface area contributed by atoms with Gasteiger partial charge in [0.15, 0.2) is 11.5 Å². The predicted molar refractivity (Wildman–Crippen MR) is 97.1 cm³/mol. The maximum atomic E-state index is 9.55. The molecule has 0 saturated heterocycles. The number of likely N-dealkylation sites (N-methyl/N-ethyl adjacent to an activating group) is 1. The van der Waals surface area contributed by atoms with Crippen molar-refractivity contribution >= 4 is 11.9 Å². The minimum atomic E-state index is -1.26. The maximum absolute atomic E-state index is 9.55. The molecular weight excluding hydrogens is 360 g/mol. The summed E-state index contributed by atoms with van der Waals surface area (Å²) in [4.78, 5) is 19.1. The Bertz CT molecular complexity index is 630. The molecule has 10 nitrogen and oxygen atoms in total. The van der Waals surface area contributed by atoms with E-state index in [-0.39, 0.29) is 6.10 Å². The third-order valence-electron chi connectivity index (χ3n) is 3.19. The summed E-state index contributed by atoms with van der Waals surface area (Å²) < 4.78 is 21.5. The van der Waals surface area contributed by atoms with Crippen LogP contribution in [0.25, 0.3) is 0 Å². The van der Waals surface area contributed by atoms with Gasteiger partial charge in [0.25, 0.3) is 0 Å². The molecule has 27 heavy (non-hydrogen) atoms. The highest BCUT2D eigenvalue weighted by Gasteiger charge is 2.22. The van der Waals surface area contributed by atoms with Crippen LogP contribution in [0.4, 0.5) is 0 Å². The highest BCUT2D eigenvalue weighted by molar-refractivity contribution is 5.89. The van der Waals surface area contributed by atoms with Crippen molar-refractivity contribution in [2.24, 2.45) is 5.84 Å². The second-order valence-electron chi connectivity index (χ2n) is 5.10. The first-order valence-corrected chi connectivity index (χ1v) is 7.63. The van der Waals surface area contributed by atoms with E-state index < -0.39 is 11.9 Å². The predicted octanol–water partition coefficient (Wildman–Crippen LogP) is 0.917. The molecule has 1 aromatic rings. The van der Waals surface area contributed by atoms with Crippen molar-refractivity contribution in [3.63, 3.8) is 0 Å². The minimum Gasteiger partial charge on any atom is -0.493 e. The van der Waals surface area contributed by atoms with E-state index in [1.54, 1.807) is 40.5 Å². The van der Waals surface area contributed by atoms with Crippen LogP contribution in [0.2, 0.25) is 0 Å². The third-order valence-corrected chi connectivity index (χ3v) is 3.19. The third kappa shape index (κ3) is 8.40. The lowest BCUT2D eigenvalue weighted by atomic mass is 10.1. The van der Waals surface area contributed by atoms with Crippen LogP contribution in [-0.4, -0.2) is 69.2 Å². The molecule has 1 unspecified atom stereocenters. The molecule has 1 rings (SSSR count). The van der Waals surface area contributed by atoms with Crippen molar-refractivity contribution in [2.45, 2.75) is 6.10 Å². The quantitative estimate of drug-likeness (QED) is 0.319. The number of carbonyl (C=O) groups is 2. The van der Waals surface area contributed by atoms with E-state index in [2.05, 4.69) is 0 Å². The minimum absolute atomic E-state index is 0.218. The fraction of sp³-hybridized carbons (Fsp3) is 0.412. The van der Waals surface area contributed by atoms with Gasteiger partial charge in [0.1, 0.15) is 0 Å². The van der Waals surface area contributed by atoms with Gasteiger partial charge in [-0.25, -0.2) is 14.6 Å². The zero-order valence-corrected chi connectivity index (χ0v) is 16.0. The Balaban J connectivity index is 0.000000713. The summed E-state index contributed by atoms with van der Waals surface area (Å²) in [7, 11) is 8.14. The van der Waals surface area contributed by atoms with Crippen LogP contribution >= 0.6 is 0 Å². The number of benzene rings is 1. The normalized spacial score (nSPS) is 11.5. The first-order chi connectivity index (χ1) is 12.7. The molecule has 0 aliphatic rings. The Morgan fingerprint density at radius 1 is 1.04 bits per heavy atom. The average Bonchev–Trinajstić information content (AvgIpc) is 2.63. The topological polar surface area (TPSA) is 141 Å². The van der Waals surface area contributed by atoms with Crippen LogP contribution in [-0.2, 0) is 14.3 Å². The summed E-state index contributed by atoms with van der Waals surface area (Å²) in [6.45, 7) is 0.530. The summed E-state index contributed by atoms with van der Waals surface area (Å²) in [6, 6.07) is 3.71. The number of aliphatic carboxylic acids is 2. The van der Waals surface area contributed by atoms with Crippen molar-refractivity contribution < 1.29 is 38.7 Å². The van der Waals surface area contributed by atoms with Crippen LogP contribution in [0.5, 0.6) is 17.2 Å². The molecule has 0 fully saturated rings. The summed E-state index contributed by atoms with van der Waals surface area (Å²) in [5, 5.41) is 17.2. The first kappa shape index (κ1) is 24.2. The van der Waals surface area contributed by atoms with Gasteiger partial charge in [-0.1, -0.05) is 0 Å². The number of hydrazine groups is 1. The van der Waals surface area contributed by atoms with Crippen molar-refractivity contribution in [3.05, 3.63) is 29.8 Å². The molecule has 1 atom stereocenters. The number of rotatable bonds is 9. The van der Waals surface area contributed by atoms with Crippen LogP contribution in [0.1, 0.15) is 11.7 Å². The molecule has 0 aromatic heterocycles. The molecule has 0 amide bonds. The Morgan fingerprint density at radius 2 is 1.56 bits per heavy atom. The Kier molecular flexibility index (Phi) is 11.2. The second kappa shape index (κ2) is 12.5. The second-order valence-corrected chi connectivity index (χ2v) is 5.10.